The van der Waals surface area contributed by atoms with Crippen molar-refractivity contribution in [3.63, 3.8) is 0 Å². The topological polar surface area (TPSA) is 71.2 Å². The number of nitrogens with zero attached hydrogens (tertiary/aromatic N) is 2. The summed E-state index contributed by atoms with van der Waals surface area (Å²) in [6.07, 6.45) is 2.31. The van der Waals surface area contributed by atoms with Gasteiger partial charge < -0.3 is 16.0 Å². The molecule has 1 atom stereocenters. The molecule has 0 saturated carbocycles. The molecular weight excluding hydrogens is 252 g/mol. The first-order valence-electron chi connectivity index (χ1n) is 5.76. The monoisotopic (exact) mass is 270 g/mol. The van der Waals surface area contributed by atoms with Crippen LogP contribution >= 0.6 is 11.6 Å². The van der Waals surface area contributed by atoms with E-state index in [1.807, 2.05) is 21.0 Å². The number of halogens is 1. The number of amides is 1. The summed E-state index contributed by atoms with van der Waals surface area (Å²) in [5.41, 5.74) is 5.91. The van der Waals surface area contributed by atoms with Crippen LogP contribution in [0.4, 0.5) is 5.82 Å². The van der Waals surface area contributed by atoms with Crippen molar-refractivity contribution >= 4 is 23.3 Å². The quantitative estimate of drug-likeness (QED) is 0.848. The van der Waals surface area contributed by atoms with Crippen molar-refractivity contribution in [3.8, 4) is 0 Å². The highest BCUT2D eigenvalue weighted by Crippen LogP contribution is 2.16. The minimum atomic E-state index is -0.185. The van der Waals surface area contributed by atoms with Gasteiger partial charge in [0.25, 0.3) is 5.91 Å². The van der Waals surface area contributed by atoms with Gasteiger partial charge in [-0.15, -0.1) is 0 Å². The van der Waals surface area contributed by atoms with Gasteiger partial charge in [0, 0.05) is 12.2 Å². The summed E-state index contributed by atoms with van der Waals surface area (Å²) in [6.45, 7) is 2.88. The Kier molecular flexibility index (Phi) is 5.37. The van der Waals surface area contributed by atoms with Crippen molar-refractivity contribution in [1.29, 1.82) is 0 Å². The molecule has 0 saturated heterocycles. The van der Waals surface area contributed by atoms with Gasteiger partial charge in [0.05, 0.1) is 10.6 Å². The summed E-state index contributed by atoms with van der Waals surface area (Å²) in [4.78, 5) is 17.8. The molecule has 0 spiro atoms. The van der Waals surface area contributed by atoms with E-state index in [1.54, 1.807) is 0 Å². The number of pyridine rings is 1. The van der Waals surface area contributed by atoms with Crippen molar-refractivity contribution in [1.82, 2.24) is 15.2 Å². The first-order chi connectivity index (χ1) is 8.40. The third-order valence-electron chi connectivity index (χ3n) is 2.52. The summed E-state index contributed by atoms with van der Waals surface area (Å²) >= 11 is 5.82. The van der Waals surface area contributed by atoms with E-state index in [2.05, 4.69) is 15.2 Å². The van der Waals surface area contributed by atoms with Crippen molar-refractivity contribution in [3.05, 3.63) is 22.8 Å². The summed E-state index contributed by atoms with van der Waals surface area (Å²) in [5, 5.41) is 3.19. The fourth-order valence-electron chi connectivity index (χ4n) is 1.40. The molecule has 100 valence electrons. The first kappa shape index (κ1) is 14.7. The standard InChI is InChI=1S/C12H19ClN4O/c1-8(4-5-17(2)3)16-12(18)9-6-10(13)11(14)15-7-9/h6-8H,4-5H2,1-3H3,(H2,14,15)(H,16,18). The molecule has 0 fully saturated rings. The van der Waals surface area contributed by atoms with Crippen LogP contribution in [0.5, 0.6) is 0 Å². The summed E-state index contributed by atoms with van der Waals surface area (Å²) in [5.74, 6) is 0.0459. The van der Waals surface area contributed by atoms with Gasteiger partial charge in [-0.2, -0.15) is 0 Å². The fraction of sp³-hybridized carbons (Fsp3) is 0.500. The van der Waals surface area contributed by atoms with Gasteiger partial charge in [0.1, 0.15) is 5.82 Å². The average Bonchev–Trinajstić information content (AvgIpc) is 2.30. The highest BCUT2D eigenvalue weighted by Gasteiger charge is 2.11. The molecule has 0 aliphatic heterocycles. The predicted molar refractivity (Wildman–Crippen MR) is 73.8 cm³/mol. The van der Waals surface area contributed by atoms with E-state index in [4.69, 9.17) is 17.3 Å². The van der Waals surface area contributed by atoms with Crippen LogP contribution in [0.15, 0.2) is 12.3 Å². The second-order valence-electron chi connectivity index (χ2n) is 4.56. The molecule has 0 bridgehead atoms. The molecule has 1 amide bonds. The molecule has 1 aromatic rings. The Morgan fingerprint density at radius 2 is 2.28 bits per heavy atom. The largest absolute Gasteiger partial charge is 0.382 e. The maximum absolute atomic E-state index is 11.9. The molecule has 1 rings (SSSR count). The number of anilines is 1. The highest BCUT2D eigenvalue weighted by molar-refractivity contribution is 6.33. The van der Waals surface area contributed by atoms with Gasteiger partial charge in [-0.05, 0) is 40.1 Å². The number of carbonyl (C=O) groups excluding carboxylic acids is 1. The Labute approximate surface area is 112 Å². The lowest BCUT2D eigenvalue weighted by molar-refractivity contribution is 0.0936. The van der Waals surface area contributed by atoms with Crippen LogP contribution in [0.3, 0.4) is 0 Å². The number of nitrogens with one attached hydrogen (secondary N) is 1. The van der Waals surface area contributed by atoms with Gasteiger partial charge in [-0.1, -0.05) is 11.6 Å². The first-order valence-corrected chi connectivity index (χ1v) is 6.14. The number of rotatable bonds is 5. The van der Waals surface area contributed by atoms with Crippen LogP contribution in [0.25, 0.3) is 0 Å². The van der Waals surface area contributed by atoms with Gasteiger partial charge in [0.2, 0.25) is 0 Å². The normalized spacial score (nSPS) is 12.5. The molecule has 0 radical (unpaired) electrons. The Morgan fingerprint density at radius 3 is 2.83 bits per heavy atom. The van der Waals surface area contributed by atoms with Crippen LogP contribution in [0.1, 0.15) is 23.7 Å². The van der Waals surface area contributed by atoms with Crippen molar-refractivity contribution in [2.24, 2.45) is 0 Å². The van der Waals surface area contributed by atoms with E-state index in [-0.39, 0.29) is 17.8 Å². The summed E-state index contributed by atoms with van der Waals surface area (Å²) in [7, 11) is 4.00. The average molecular weight is 271 g/mol. The lowest BCUT2D eigenvalue weighted by Crippen LogP contribution is -2.34. The molecule has 0 aromatic carbocycles. The highest BCUT2D eigenvalue weighted by atomic mass is 35.5. The molecular formula is C12H19ClN4O. The SMILES string of the molecule is CC(CCN(C)C)NC(=O)c1cnc(N)c(Cl)c1. The van der Waals surface area contributed by atoms with Crippen LogP contribution in [-0.4, -0.2) is 42.5 Å². The Bertz CT molecular complexity index is 423. The zero-order valence-electron chi connectivity index (χ0n) is 10.9. The summed E-state index contributed by atoms with van der Waals surface area (Å²) < 4.78 is 0. The Hall–Kier alpha value is -1.33. The lowest BCUT2D eigenvalue weighted by atomic mass is 10.2. The summed E-state index contributed by atoms with van der Waals surface area (Å²) in [6, 6.07) is 1.62. The van der Waals surface area contributed by atoms with Gasteiger partial charge in [-0.3, -0.25) is 4.79 Å². The number of nitrogen functional groups attached to an aromatic ring is 1. The molecule has 3 N–H and O–H groups in total. The number of hydrogen-bond acceptors (Lipinski definition) is 4. The maximum atomic E-state index is 11.9. The molecule has 1 heterocycles. The molecule has 0 aliphatic rings. The van der Waals surface area contributed by atoms with Crippen LogP contribution in [0, 0.1) is 0 Å². The fourth-order valence-corrected chi connectivity index (χ4v) is 1.57. The second kappa shape index (κ2) is 6.56. The van der Waals surface area contributed by atoms with Gasteiger partial charge in [0.15, 0.2) is 0 Å². The van der Waals surface area contributed by atoms with Gasteiger partial charge >= 0.3 is 0 Å². The smallest absolute Gasteiger partial charge is 0.253 e. The van der Waals surface area contributed by atoms with Crippen molar-refractivity contribution in [2.45, 2.75) is 19.4 Å². The number of aromatic nitrogens is 1. The van der Waals surface area contributed by atoms with Gasteiger partial charge in [-0.25, -0.2) is 4.98 Å². The Balaban J connectivity index is 2.56. The van der Waals surface area contributed by atoms with E-state index >= 15 is 0 Å². The molecule has 0 aliphatic carbocycles. The number of carbonyl (C=O) groups is 1. The molecule has 18 heavy (non-hydrogen) atoms. The van der Waals surface area contributed by atoms with Crippen molar-refractivity contribution in [2.75, 3.05) is 26.4 Å². The van der Waals surface area contributed by atoms with E-state index < -0.39 is 0 Å². The van der Waals surface area contributed by atoms with E-state index in [0.717, 1.165) is 13.0 Å². The minimum absolute atomic E-state index is 0.0937. The number of nitrogens with two attached hydrogens (primary N) is 1. The predicted octanol–water partition coefficient (Wildman–Crippen LogP) is 1.39. The molecule has 5 nitrogen and oxygen atoms in total. The maximum Gasteiger partial charge on any atom is 0.253 e. The minimum Gasteiger partial charge on any atom is -0.382 e. The van der Waals surface area contributed by atoms with E-state index in [1.165, 1.54) is 12.3 Å². The molecule has 1 aromatic heterocycles. The van der Waals surface area contributed by atoms with Crippen LogP contribution < -0.4 is 11.1 Å². The zero-order valence-corrected chi connectivity index (χ0v) is 11.7. The lowest BCUT2D eigenvalue weighted by Gasteiger charge is -2.16. The second-order valence-corrected chi connectivity index (χ2v) is 4.96. The van der Waals surface area contributed by atoms with E-state index in [9.17, 15) is 4.79 Å². The van der Waals surface area contributed by atoms with E-state index in [0.29, 0.717) is 10.6 Å². The van der Waals surface area contributed by atoms with Crippen LogP contribution in [-0.2, 0) is 0 Å². The Morgan fingerprint density at radius 1 is 1.61 bits per heavy atom. The zero-order chi connectivity index (χ0) is 13.7. The van der Waals surface area contributed by atoms with Crippen molar-refractivity contribution < 1.29 is 4.79 Å². The number of hydrogen-bond donors (Lipinski definition) is 2. The molecule has 6 heteroatoms. The third kappa shape index (κ3) is 4.50. The third-order valence-corrected chi connectivity index (χ3v) is 2.82. The molecule has 1 unspecified atom stereocenters. The van der Waals surface area contributed by atoms with Crippen LogP contribution in [0.2, 0.25) is 5.02 Å².